The van der Waals surface area contributed by atoms with Gasteiger partial charge in [-0.25, -0.2) is 0 Å². The Morgan fingerprint density at radius 2 is 1.81 bits per heavy atom. The van der Waals surface area contributed by atoms with Gasteiger partial charge in [0.1, 0.15) is 0 Å². The van der Waals surface area contributed by atoms with Crippen LogP contribution in [0.4, 0.5) is 15.5 Å². The molecule has 48 heavy (non-hydrogen) atoms. The fourth-order valence-corrected chi connectivity index (χ4v) is 11.1. The number of hydrogen-bond donors (Lipinski definition) is 2. The van der Waals surface area contributed by atoms with E-state index in [9.17, 15) is 19.5 Å². The Bertz CT molecular complexity index is 1750. The van der Waals surface area contributed by atoms with E-state index in [2.05, 4.69) is 5.32 Å². The van der Waals surface area contributed by atoms with Gasteiger partial charge in [0, 0.05) is 42.3 Å². The molecule has 2 saturated heterocycles. The highest BCUT2D eigenvalue weighted by molar-refractivity contribution is 6.72. The number of amides is 3. The molecule has 2 N–H and O–H groups in total. The van der Waals surface area contributed by atoms with Gasteiger partial charge in [-0.3, -0.25) is 14.4 Å². The molecule has 3 aromatic rings. The molecule has 252 valence electrons. The molecule has 2 fully saturated rings. The van der Waals surface area contributed by atoms with Crippen molar-refractivity contribution < 1.29 is 28.3 Å². The van der Waals surface area contributed by atoms with Crippen LogP contribution in [0.25, 0.3) is 0 Å². The molecule has 1 spiro atoms. The van der Waals surface area contributed by atoms with E-state index >= 15 is 4.11 Å². The Balaban J connectivity index is 1.19. The van der Waals surface area contributed by atoms with Crippen LogP contribution in [-0.4, -0.2) is 74.5 Å². The first-order chi connectivity index (χ1) is 23.0. The van der Waals surface area contributed by atoms with Gasteiger partial charge in [0.15, 0.2) is 5.60 Å². The maximum Gasteiger partial charge on any atom is 0.264 e. The number of piperazine rings is 1. The number of carbonyl (C=O) groups excluding carboxylic acids is 3. The Labute approximate surface area is 281 Å². The van der Waals surface area contributed by atoms with Crippen LogP contribution in [0.2, 0.25) is 18.6 Å². The number of benzene rings is 3. The topological polar surface area (TPSA) is 102 Å². The van der Waals surface area contributed by atoms with Crippen molar-refractivity contribution in [2.24, 2.45) is 5.92 Å². The summed E-state index contributed by atoms with van der Waals surface area (Å²) in [5.41, 5.74) is 3.11. The molecular weight excluding hydrogens is 628 g/mol. The van der Waals surface area contributed by atoms with Crippen molar-refractivity contribution in [2.45, 2.75) is 69.2 Å². The first kappa shape index (κ1) is 32.6. The molecule has 3 amide bonds. The number of hydrogen-bond acceptors (Lipinski definition) is 6. The number of ether oxygens (including phenoxy) is 1. The molecule has 5 atom stereocenters. The van der Waals surface area contributed by atoms with E-state index < -0.39 is 31.6 Å². The Kier molecular flexibility index (Phi) is 8.51. The molecule has 11 heteroatoms. The fourth-order valence-electron chi connectivity index (χ4n) is 8.58. The summed E-state index contributed by atoms with van der Waals surface area (Å²) in [7, 11) is -3.48. The lowest BCUT2D eigenvalue weighted by molar-refractivity contribution is -0.151. The first-order valence-electron chi connectivity index (χ1n) is 16.9. The SMILES string of the molecule is C[C@H]1[C@H]([Si](C)(C)F)[C@@H](CC(=O)N2Cc3ccccc3C[C@H]2CO)O[C@]12C(=O)N(Cc1cccc(N3CCNCC3=O)c1)c1ccccc12. The Hall–Kier alpha value is -3.90. The summed E-state index contributed by atoms with van der Waals surface area (Å²) < 4.78 is 23.2. The standard InChI is InChI=1S/C37H43FN4O5Si/c1-24-35(48(2,3)38)32(19-33(44)41-22-27-11-5-4-10-26(27)18-29(41)23-43)47-37(24)30-13-6-7-14-31(30)42(36(37)46)21-25-9-8-12-28(17-25)40-16-15-39-20-34(40)45/h4-14,17,24,29,32,35,39,43H,15-16,18-23H2,1-3H3/t24-,29-,32+,35-,37+/m0/s1. The van der Waals surface area contributed by atoms with Gasteiger partial charge in [-0.05, 0) is 54.4 Å². The van der Waals surface area contributed by atoms with E-state index in [1.54, 1.807) is 27.8 Å². The van der Waals surface area contributed by atoms with Gasteiger partial charge in [-0.1, -0.05) is 61.5 Å². The van der Waals surface area contributed by atoms with Crippen LogP contribution in [0.3, 0.4) is 0 Å². The van der Waals surface area contributed by atoms with E-state index in [1.165, 1.54) is 0 Å². The lowest BCUT2D eigenvalue weighted by Gasteiger charge is -2.37. The maximum atomic E-state index is 16.4. The highest BCUT2D eigenvalue weighted by Crippen LogP contribution is 2.60. The Morgan fingerprint density at radius 1 is 1.06 bits per heavy atom. The van der Waals surface area contributed by atoms with Crippen LogP contribution < -0.4 is 15.1 Å². The van der Waals surface area contributed by atoms with Gasteiger partial charge in [0.2, 0.25) is 20.2 Å². The third-order valence-electron chi connectivity index (χ3n) is 10.8. The van der Waals surface area contributed by atoms with Crippen LogP contribution >= 0.6 is 0 Å². The number of carbonyl (C=O) groups is 3. The van der Waals surface area contributed by atoms with Gasteiger partial charge in [-0.2, -0.15) is 0 Å². The number of aliphatic hydroxyl groups is 1. The van der Waals surface area contributed by atoms with Crippen LogP contribution in [0.1, 0.15) is 35.6 Å². The molecule has 9 nitrogen and oxygen atoms in total. The maximum absolute atomic E-state index is 16.4. The van der Waals surface area contributed by atoms with Crippen LogP contribution in [0.15, 0.2) is 72.8 Å². The van der Waals surface area contributed by atoms with E-state index in [4.69, 9.17) is 4.74 Å². The second kappa shape index (κ2) is 12.5. The molecule has 3 aromatic carbocycles. The summed E-state index contributed by atoms with van der Waals surface area (Å²) in [6.45, 7) is 7.15. The van der Waals surface area contributed by atoms with E-state index in [0.29, 0.717) is 37.3 Å². The average Bonchev–Trinajstić information content (AvgIpc) is 3.50. The molecular formula is C37H43FN4O5Si. The van der Waals surface area contributed by atoms with Crippen molar-refractivity contribution in [1.29, 1.82) is 0 Å². The molecule has 4 aliphatic heterocycles. The fraction of sp³-hybridized carbons (Fsp3) is 0.432. The second-order valence-corrected chi connectivity index (χ2v) is 17.9. The highest BCUT2D eigenvalue weighted by Gasteiger charge is 2.67. The zero-order valence-electron chi connectivity index (χ0n) is 27.7. The third-order valence-corrected chi connectivity index (χ3v) is 13.2. The Morgan fingerprint density at radius 3 is 2.56 bits per heavy atom. The molecule has 4 heterocycles. The van der Waals surface area contributed by atoms with Crippen LogP contribution in [-0.2, 0) is 44.2 Å². The van der Waals surface area contributed by atoms with Crippen molar-refractivity contribution in [3.63, 3.8) is 0 Å². The largest absolute Gasteiger partial charge is 0.394 e. The number of fused-ring (bicyclic) bond motifs is 3. The predicted octanol–water partition coefficient (Wildman–Crippen LogP) is 4.28. The number of anilines is 2. The van der Waals surface area contributed by atoms with Gasteiger partial charge in [-0.15, -0.1) is 0 Å². The quantitative estimate of drug-likeness (QED) is 0.288. The summed E-state index contributed by atoms with van der Waals surface area (Å²) in [4.78, 5) is 46.6. The van der Waals surface area contributed by atoms with Crippen LogP contribution in [0, 0.1) is 5.92 Å². The van der Waals surface area contributed by atoms with Gasteiger partial charge in [0.05, 0.1) is 44.0 Å². The molecule has 0 radical (unpaired) electrons. The van der Waals surface area contributed by atoms with E-state index in [0.717, 1.165) is 22.4 Å². The number of halogens is 1. The third kappa shape index (κ3) is 5.46. The number of nitrogens with one attached hydrogen (secondary N) is 1. The number of rotatable bonds is 7. The summed E-state index contributed by atoms with van der Waals surface area (Å²) >= 11 is 0. The van der Waals surface area contributed by atoms with E-state index in [-0.39, 0.29) is 49.9 Å². The number of aliphatic hydroxyl groups excluding tert-OH is 1. The summed E-state index contributed by atoms with van der Waals surface area (Å²) in [5, 5.41) is 13.3. The highest BCUT2D eigenvalue weighted by atomic mass is 28.4. The zero-order valence-corrected chi connectivity index (χ0v) is 28.7. The molecule has 0 saturated carbocycles. The van der Waals surface area contributed by atoms with Crippen molar-refractivity contribution >= 4 is 37.5 Å². The molecule has 4 aliphatic rings. The second-order valence-electron chi connectivity index (χ2n) is 14.1. The minimum Gasteiger partial charge on any atom is -0.394 e. The zero-order chi connectivity index (χ0) is 33.8. The van der Waals surface area contributed by atoms with Gasteiger partial charge < -0.3 is 34.0 Å². The average molecular weight is 671 g/mol. The normalized spacial score (nSPS) is 27.1. The van der Waals surface area contributed by atoms with Crippen molar-refractivity contribution in [2.75, 3.05) is 36.0 Å². The molecule has 0 aliphatic carbocycles. The van der Waals surface area contributed by atoms with Gasteiger partial charge in [0.25, 0.3) is 5.91 Å². The molecule has 0 bridgehead atoms. The van der Waals surface area contributed by atoms with Crippen molar-refractivity contribution in [3.05, 3.63) is 95.1 Å². The monoisotopic (exact) mass is 670 g/mol. The molecule has 0 unspecified atom stereocenters. The van der Waals surface area contributed by atoms with Gasteiger partial charge >= 0.3 is 0 Å². The smallest absolute Gasteiger partial charge is 0.264 e. The molecule has 7 rings (SSSR count). The first-order valence-corrected chi connectivity index (χ1v) is 19.8. The van der Waals surface area contributed by atoms with Crippen molar-refractivity contribution in [1.82, 2.24) is 10.2 Å². The minimum absolute atomic E-state index is 0.00293. The number of nitrogens with zero attached hydrogens (tertiary/aromatic N) is 3. The summed E-state index contributed by atoms with van der Waals surface area (Å²) in [5.74, 6) is -1.01. The molecule has 0 aromatic heterocycles. The lowest BCUT2D eigenvalue weighted by atomic mass is 9.82. The number of para-hydroxylation sites is 1. The lowest BCUT2D eigenvalue weighted by Crippen LogP contribution is -2.48. The summed E-state index contributed by atoms with van der Waals surface area (Å²) in [6, 6.07) is 22.7. The summed E-state index contributed by atoms with van der Waals surface area (Å²) in [6.07, 6.45) is -0.344. The predicted molar refractivity (Wildman–Crippen MR) is 184 cm³/mol. The van der Waals surface area contributed by atoms with Crippen LogP contribution in [0.5, 0.6) is 0 Å². The minimum atomic E-state index is -3.48. The van der Waals surface area contributed by atoms with E-state index in [1.807, 2.05) is 79.7 Å². The van der Waals surface area contributed by atoms with Crippen molar-refractivity contribution in [3.8, 4) is 0 Å².